The molecule has 0 radical (unpaired) electrons. The van der Waals surface area contributed by atoms with Crippen LogP contribution in [0.5, 0.6) is 0 Å². The van der Waals surface area contributed by atoms with Crippen LogP contribution >= 0.6 is 7.82 Å². The summed E-state index contributed by atoms with van der Waals surface area (Å²) in [6.07, 6.45) is -0.203. The highest BCUT2D eigenvalue weighted by Crippen LogP contribution is 2.38. The van der Waals surface area contributed by atoms with Gasteiger partial charge < -0.3 is 30.7 Å². The minimum Gasteiger partial charge on any atom is -0.387 e. The SMILES string of the molecule is CNc1ncnc2c1ncn2[C@@H]1O[C@H](COP(=O)(O)O)C(N)C1O. The third-order valence-corrected chi connectivity index (χ3v) is 4.19. The number of hydrogen-bond acceptors (Lipinski definition) is 9. The van der Waals surface area contributed by atoms with Crippen LogP contribution in [0.2, 0.25) is 0 Å². The Morgan fingerprint density at radius 2 is 2.21 bits per heavy atom. The number of anilines is 1. The van der Waals surface area contributed by atoms with E-state index in [0.29, 0.717) is 17.0 Å². The lowest BCUT2D eigenvalue weighted by Crippen LogP contribution is -2.41. The predicted molar refractivity (Wildman–Crippen MR) is 80.8 cm³/mol. The summed E-state index contributed by atoms with van der Waals surface area (Å²) in [5.41, 5.74) is 6.77. The Kier molecular flexibility index (Phi) is 4.53. The van der Waals surface area contributed by atoms with Gasteiger partial charge in [-0.05, 0) is 0 Å². The molecular formula is C11H17N6O6P. The number of aromatic nitrogens is 4. The van der Waals surface area contributed by atoms with E-state index in [1.165, 1.54) is 17.2 Å². The van der Waals surface area contributed by atoms with Gasteiger partial charge in [0.15, 0.2) is 17.7 Å². The Bertz CT molecular complexity index is 779. The Morgan fingerprint density at radius 1 is 1.46 bits per heavy atom. The molecule has 4 atom stereocenters. The first-order chi connectivity index (χ1) is 11.3. The van der Waals surface area contributed by atoms with Crippen molar-refractivity contribution < 1.29 is 28.7 Å². The van der Waals surface area contributed by atoms with Gasteiger partial charge in [-0.25, -0.2) is 19.5 Å². The van der Waals surface area contributed by atoms with E-state index in [-0.39, 0.29) is 0 Å². The highest BCUT2D eigenvalue weighted by Gasteiger charge is 2.44. The van der Waals surface area contributed by atoms with Crippen molar-refractivity contribution in [2.75, 3.05) is 19.0 Å². The number of nitrogens with one attached hydrogen (secondary N) is 1. The summed E-state index contributed by atoms with van der Waals surface area (Å²) in [5, 5.41) is 13.2. The van der Waals surface area contributed by atoms with E-state index in [4.69, 9.17) is 20.3 Å². The maximum atomic E-state index is 10.8. The smallest absolute Gasteiger partial charge is 0.387 e. The average Bonchev–Trinajstić information content (AvgIpc) is 3.07. The fourth-order valence-electron chi connectivity index (χ4n) is 2.53. The molecule has 12 nitrogen and oxygen atoms in total. The number of fused-ring (bicyclic) bond motifs is 1. The first kappa shape index (κ1) is 17.2. The van der Waals surface area contributed by atoms with Crippen LogP contribution in [0.25, 0.3) is 11.2 Å². The van der Waals surface area contributed by atoms with Gasteiger partial charge in [-0.2, -0.15) is 0 Å². The van der Waals surface area contributed by atoms with E-state index < -0.39 is 38.9 Å². The second kappa shape index (κ2) is 6.33. The molecule has 1 saturated heterocycles. The highest BCUT2D eigenvalue weighted by atomic mass is 31.2. The van der Waals surface area contributed by atoms with Crippen LogP contribution < -0.4 is 11.1 Å². The van der Waals surface area contributed by atoms with Crippen molar-refractivity contribution in [2.24, 2.45) is 5.73 Å². The molecule has 0 amide bonds. The van der Waals surface area contributed by atoms with E-state index >= 15 is 0 Å². The number of hydrogen-bond donors (Lipinski definition) is 5. The molecule has 2 unspecified atom stereocenters. The topological polar surface area (TPSA) is 178 Å². The maximum absolute atomic E-state index is 10.8. The molecule has 3 rings (SSSR count). The number of ether oxygens (including phenoxy) is 1. The minimum atomic E-state index is -4.66. The van der Waals surface area contributed by atoms with Crippen LogP contribution in [-0.2, 0) is 13.8 Å². The number of aliphatic hydroxyl groups is 1. The van der Waals surface area contributed by atoms with Crippen molar-refractivity contribution >= 4 is 24.8 Å². The van der Waals surface area contributed by atoms with Crippen LogP contribution in [0.3, 0.4) is 0 Å². The molecule has 132 valence electrons. The number of rotatable bonds is 5. The zero-order valence-electron chi connectivity index (χ0n) is 12.6. The first-order valence-corrected chi connectivity index (χ1v) is 8.49. The van der Waals surface area contributed by atoms with Crippen LogP contribution in [0.15, 0.2) is 12.7 Å². The Balaban J connectivity index is 1.86. The van der Waals surface area contributed by atoms with Crippen LogP contribution in [0.4, 0.5) is 5.82 Å². The summed E-state index contributed by atoms with van der Waals surface area (Å²) in [7, 11) is -2.97. The summed E-state index contributed by atoms with van der Waals surface area (Å²) in [5.74, 6) is 0.511. The molecule has 2 aromatic rings. The number of nitrogens with two attached hydrogens (primary N) is 1. The monoisotopic (exact) mass is 360 g/mol. The number of nitrogens with zero attached hydrogens (tertiary/aromatic N) is 4. The lowest BCUT2D eigenvalue weighted by atomic mass is 10.1. The molecule has 0 aliphatic carbocycles. The molecule has 0 spiro atoms. The van der Waals surface area contributed by atoms with E-state index in [0.717, 1.165) is 0 Å². The van der Waals surface area contributed by atoms with E-state index in [9.17, 15) is 9.67 Å². The first-order valence-electron chi connectivity index (χ1n) is 6.96. The van der Waals surface area contributed by atoms with Gasteiger partial charge in [0.1, 0.15) is 24.1 Å². The summed E-state index contributed by atoms with van der Waals surface area (Å²) in [6.45, 7) is -0.456. The molecule has 0 saturated carbocycles. The van der Waals surface area contributed by atoms with Gasteiger partial charge in [0.25, 0.3) is 0 Å². The third-order valence-electron chi connectivity index (χ3n) is 3.71. The van der Waals surface area contributed by atoms with Gasteiger partial charge in [0.2, 0.25) is 0 Å². The third kappa shape index (κ3) is 3.13. The molecular weight excluding hydrogens is 343 g/mol. The van der Waals surface area contributed by atoms with E-state index in [1.807, 2.05) is 0 Å². The van der Waals surface area contributed by atoms with Gasteiger partial charge >= 0.3 is 7.82 Å². The predicted octanol–water partition coefficient (Wildman–Crippen LogP) is -1.44. The zero-order valence-corrected chi connectivity index (χ0v) is 13.4. The Labute approximate surface area is 135 Å². The number of imidazole rings is 1. The maximum Gasteiger partial charge on any atom is 0.469 e. The van der Waals surface area contributed by atoms with Crippen molar-refractivity contribution in [3.8, 4) is 0 Å². The average molecular weight is 360 g/mol. The van der Waals surface area contributed by atoms with Crippen LogP contribution in [0.1, 0.15) is 6.23 Å². The normalized spacial score (nSPS) is 27.7. The molecule has 0 aromatic carbocycles. The summed E-state index contributed by atoms with van der Waals surface area (Å²) >= 11 is 0. The molecule has 1 aliphatic heterocycles. The van der Waals surface area contributed by atoms with Gasteiger partial charge in [0, 0.05) is 7.05 Å². The zero-order chi connectivity index (χ0) is 17.5. The standard InChI is InChI=1S/C11H17N6O6P/c1-13-9-7-10(15-3-14-9)17(4-16-7)11-8(18)6(12)5(23-11)2-22-24(19,20)21/h3-6,8,11,18H,2,12H2,1H3,(H,13,14,15)(H2,19,20,21)/t5-,6?,8?,11-/m1/s1. The van der Waals surface area contributed by atoms with E-state index in [2.05, 4.69) is 24.8 Å². The fourth-order valence-corrected chi connectivity index (χ4v) is 2.87. The largest absolute Gasteiger partial charge is 0.469 e. The van der Waals surface area contributed by atoms with Crippen molar-refractivity contribution in [3.63, 3.8) is 0 Å². The summed E-state index contributed by atoms with van der Waals surface area (Å²) in [6, 6.07) is -0.899. The summed E-state index contributed by atoms with van der Waals surface area (Å²) in [4.78, 5) is 29.9. The number of aliphatic hydroxyl groups excluding tert-OH is 1. The second-order valence-electron chi connectivity index (χ2n) is 5.22. The molecule has 2 aromatic heterocycles. The molecule has 1 fully saturated rings. The molecule has 13 heteroatoms. The van der Waals surface area contributed by atoms with Crippen molar-refractivity contribution in [2.45, 2.75) is 24.5 Å². The number of phosphoric acid groups is 1. The molecule has 24 heavy (non-hydrogen) atoms. The quantitative estimate of drug-likeness (QED) is 0.394. The minimum absolute atomic E-state index is 0.419. The number of phosphoric ester groups is 1. The highest BCUT2D eigenvalue weighted by molar-refractivity contribution is 7.46. The van der Waals surface area contributed by atoms with E-state index in [1.54, 1.807) is 7.05 Å². The second-order valence-corrected chi connectivity index (χ2v) is 6.46. The lowest BCUT2D eigenvalue weighted by Gasteiger charge is -2.16. The fraction of sp³-hybridized carbons (Fsp3) is 0.545. The van der Waals surface area contributed by atoms with Crippen molar-refractivity contribution in [3.05, 3.63) is 12.7 Å². The molecule has 3 heterocycles. The Hall–Kier alpha value is -1.66. The lowest BCUT2D eigenvalue weighted by molar-refractivity contribution is -0.0483. The molecule has 1 aliphatic rings. The molecule has 6 N–H and O–H groups in total. The van der Waals surface area contributed by atoms with Gasteiger partial charge in [-0.15, -0.1) is 0 Å². The Morgan fingerprint density at radius 3 is 2.88 bits per heavy atom. The van der Waals surface area contributed by atoms with Crippen molar-refractivity contribution in [1.82, 2.24) is 19.5 Å². The van der Waals surface area contributed by atoms with Gasteiger partial charge in [0.05, 0.1) is 19.0 Å². The van der Waals surface area contributed by atoms with Gasteiger partial charge in [-0.1, -0.05) is 0 Å². The summed E-state index contributed by atoms with van der Waals surface area (Å²) < 4.78 is 22.3. The molecule has 0 bridgehead atoms. The van der Waals surface area contributed by atoms with Crippen LogP contribution in [-0.4, -0.2) is 66.3 Å². The van der Waals surface area contributed by atoms with Crippen molar-refractivity contribution in [1.29, 1.82) is 0 Å². The van der Waals surface area contributed by atoms with Crippen LogP contribution in [0, 0.1) is 0 Å². The van der Waals surface area contributed by atoms with Gasteiger partial charge in [-0.3, -0.25) is 9.09 Å².